The molecule has 0 aliphatic heterocycles. The zero-order chi connectivity index (χ0) is 17.8. The van der Waals surface area contributed by atoms with Crippen LogP contribution in [-0.2, 0) is 4.74 Å². The summed E-state index contributed by atoms with van der Waals surface area (Å²) in [5.74, 6) is 1.35. The Labute approximate surface area is 150 Å². The van der Waals surface area contributed by atoms with E-state index in [0.29, 0.717) is 25.7 Å². The van der Waals surface area contributed by atoms with Gasteiger partial charge in [0.05, 0.1) is 28.3 Å². The van der Waals surface area contributed by atoms with E-state index >= 15 is 0 Å². The summed E-state index contributed by atoms with van der Waals surface area (Å²) in [7, 11) is 1.86. The lowest BCUT2D eigenvalue weighted by Gasteiger charge is -2.12. The first kappa shape index (κ1) is 17.5. The molecule has 0 saturated carbocycles. The molecule has 3 aromatic rings. The lowest BCUT2D eigenvalue weighted by Crippen LogP contribution is -2.13. The lowest BCUT2D eigenvalue weighted by molar-refractivity contribution is 0.158. The van der Waals surface area contributed by atoms with Gasteiger partial charge in [0.25, 0.3) is 0 Å². The summed E-state index contributed by atoms with van der Waals surface area (Å²) >= 11 is 1.63. The first-order valence-corrected chi connectivity index (χ1v) is 9.06. The van der Waals surface area contributed by atoms with Gasteiger partial charge in [0.1, 0.15) is 16.3 Å². The molecular weight excluding hydrogens is 336 g/mol. The first-order valence-electron chi connectivity index (χ1n) is 8.24. The van der Waals surface area contributed by atoms with Crippen molar-refractivity contribution in [1.82, 2.24) is 19.9 Å². The second kappa shape index (κ2) is 7.71. The van der Waals surface area contributed by atoms with Crippen molar-refractivity contribution in [3.05, 3.63) is 23.7 Å². The molecule has 3 aromatic heterocycles. The molecule has 0 bridgehead atoms. The van der Waals surface area contributed by atoms with Gasteiger partial charge < -0.3 is 15.4 Å². The molecule has 0 unspecified atom stereocenters. The van der Waals surface area contributed by atoms with Gasteiger partial charge in [0.15, 0.2) is 0 Å². The van der Waals surface area contributed by atoms with Crippen LogP contribution in [0.1, 0.15) is 18.3 Å². The van der Waals surface area contributed by atoms with Crippen molar-refractivity contribution in [3.63, 3.8) is 0 Å². The normalized spacial score (nSPS) is 11.0. The highest BCUT2D eigenvalue weighted by molar-refractivity contribution is 7.21. The predicted molar refractivity (Wildman–Crippen MR) is 102 cm³/mol. The number of aromatic nitrogens is 4. The Hall–Kier alpha value is -2.32. The number of ether oxygens (including phenoxy) is 1. The smallest absolute Gasteiger partial charge is 0.224 e. The topological polar surface area (TPSA) is 84.8 Å². The molecule has 3 rings (SSSR count). The van der Waals surface area contributed by atoms with Crippen LogP contribution in [0.25, 0.3) is 20.8 Å². The minimum atomic E-state index is 0.587. The summed E-state index contributed by atoms with van der Waals surface area (Å²) in [6.07, 6.45) is 1.81. The summed E-state index contributed by atoms with van der Waals surface area (Å²) in [5.41, 5.74) is 3.67. The Bertz CT molecular complexity index is 879. The number of anilines is 2. The van der Waals surface area contributed by atoms with Crippen molar-refractivity contribution in [3.8, 4) is 10.6 Å². The third kappa shape index (κ3) is 3.69. The van der Waals surface area contributed by atoms with Crippen LogP contribution < -0.4 is 10.6 Å². The Kier molecular flexibility index (Phi) is 5.40. The van der Waals surface area contributed by atoms with E-state index < -0.39 is 0 Å². The third-order valence-electron chi connectivity index (χ3n) is 3.76. The van der Waals surface area contributed by atoms with Crippen molar-refractivity contribution >= 4 is 33.3 Å². The highest BCUT2D eigenvalue weighted by atomic mass is 32.1. The lowest BCUT2D eigenvalue weighted by atomic mass is 10.2. The van der Waals surface area contributed by atoms with Gasteiger partial charge in [-0.15, -0.1) is 11.3 Å². The number of hydrogen-bond acceptors (Lipinski definition) is 8. The van der Waals surface area contributed by atoms with E-state index in [1.807, 2.05) is 40.1 Å². The molecule has 0 fully saturated rings. The fraction of sp³-hybridized carbons (Fsp3) is 0.412. The molecule has 0 atom stereocenters. The number of thiazole rings is 1. The number of rotatable bonds is 7. The van der Waals surface area contributed by atoms with Crippen LogP contribution in [0.4, 0.5) is 11.8 Å². The Balaban J connectivity index is 1.96. The molecule has 25 heavy (non-hydrogen) atoms. The summed E-state index contributed by atoms with van der Waals surface area (Å²) in [4.78, 5) is 18.2. The summed E-state index contributed by atoms with van der Waals surface area (Å²) in [6.45, 7) is 7.92. The molecule has 0 aliphatic carbocycles. The van der Waals surface area contributed by atoms with E-state index in [0.717, 1.165) is 38.0 Å². The van der Waals surface area contributed by atoms with E-state index in [-0.39, 0.29) is 0 Å². The Morgan fingerprint density at radius 3 is 2.72 bits per heavy atom. The number of aryl methyl sites for hydroxylation is 2. The van der Waals surface area contributed by atoms with Gasteiger partial charge in [-0.05, 0) is 26.8 Å². The maximum Gasteiger partial charge on any atom is 0.224 e. The molecule has 0 amide bonds. The van der Waals surface area contributed by atoms with E-state index in [1.54, 1.807) is 11.3 Å². The van der Waals surface area contributed by atoms with Gasteiger partial charge in [-0.3, -0.25) is 4.98 Å². The first-order chi connectivity index (χ1) is 12.1. The summed E-state index contributed by atoms with van der Waals surface area (Å²) in [5, 5.41) is 7.26. The van der Waals surface area contributed by atoms with Crippen LogP contribution in [-0.4, -0.2) is 46.7 Å². The average molecular weight is 358 g/mol. The summed E-state index contributed by atoms with van der Waals surface area (Å²) in [6, 6.07) is 1.99. The average Bonchev–Trinajstić information content (AvgIpc) is 3.03. The van der Waals surface area contributed by atoms with Crippen LogP contribution in [0, 0.1) is 13.8 Å². The molecular formula is C17H22N6OS. The maximum absolute atomic E-state index is 5.33. The van der Waals surface area contributed by atoms with E-state index in [9.17, 15) is 0 Å². The molecule has 2 N–H and O–H groups in total. The zero-order valence-corrected chi connectivity index (χ0v) is 15.7. The number of pyridine rings is 1. The van der Waals surface area contributed by atoms with Crippen LogP contribution in [0.2, 0.25) is 0 Å². The second-order valence-electron chi connectivity index (χ2n) is 5.49. The largest absolute Gasteiger partial charge is 0.380 e. The van der Waals surface area contributed by atoms with Crippen LogP contribution in [0.5, 0.6) is 0 Å². The van der Waals surface area contributed by atoms with Gasteiger partial charge >= 0.3 is 0 Å². The highest BCUT2D eigenvalue weighted by Gasteiger charge is 2.17. The second-order valence-corrected chi connectivity index (χ2v) is 6.52. The fourth-order valence-corrected chi connectivity index (χ4v) is 3.67. The Morgan fingerprint density at radius 2 is 2.00 bits per heavy atom. The van der Waals surface area contributed by atoms with Crippen molar-refractivity contribution in [2.75, 3.05) is 37.4 Å². The maximum atomic E-state index is 5.33. The van der Waals surface area contributed by atoms with E-state index in [4.69, 9.17) is 9.72 Å². The van der Waals surface area contributed by atoms with Gasteiger partial charge in [0, 0.05) is 26.4 Å². The molecule has 0 saturated heterocycles. The van der Waals surface area contributed by atoms with Crippen LogP contribution in [0.3, 0.4) is 0 Å². The Morgan fingerprint density at radius 1 is 1.16 bits per heavy atom. The molecule has 8 heteroatoms. The van der Waals surface area contributed by atoms with Crippen molar-refractivity contribution < 1.29 is 4.74 Å². The van der Waals surface area contributed by atoms with Gasteiger partial charge in [-0.2, -0.15) is 4.98 Å². The van der Waals surface area contributed by atoms with Crippen molar-refractivity contribution in [2.45, 2.75) is 20.8 Å². The highest BCUT2D eigenvalue weighted by Crippen LogP contribution is 2.36. The van der Waals surface area contributed by atoms with Gasteiger partial charge in [-0.1, -0.05) is 0 Å². The molecule has 0 radical (unpaired) electrons. The van der Waals surface area contributed by atoms with Crippen LogP contribution >= 0.6 is 11.3 Å². The van der Waals surface area contributed by atoms with Gasteiger partial charge in [-0.25, -0.2) is 9.97 Å². The van der Waals surface area contributed by atoms with E-state index in [1.165, 1.54) is 0 Å². The van der Waals surface area contributed by atoms with Crippen LogP contribution in [0.15, 0.2) is 12.3 Å². The zero-order valence-electron chi connectivity index (χ0n) is 14.9. The molecule has 7 nitrogen and oxygen atoms in total. The quantitative estimate of drug-likeness (QED) is 0.627. The summed E-state index contributed by atoms with van der Waals surface area (Å²) < 4.78 is 6.45. The van der Waals surface area contributed by atoms with Crippen molar-refractivity contribution in [2.24, 2.45) is 0 Å². The SMILES string of the molecule is CCOCCNc1nc(C)c(-c2nc3c(C)nccc3s2)c(NC)n1. The fourth-order valence-electron chi connectivity index (χ4n) is 2.56. The van der Waals surface area contributed by atoms with Crippen molar-refractivity contribution in [1.29, 1.82) is 0 Å². The molecule has 0 spiro atoms. The monoisotopic (exact) mass is 358 g/mol. The molecule has 0 aromatic carbocycles. The van der Waals surface area contributed by atoms with E-state index in [2.05, 4.69) is 25.6 Å². The number of hydrogen-bond donors (Lipinski definition) is 2. The predicted octanol–water partition coefficient (Wildman–Crippen LogP) is 3.26. The minimum absolute atomic E-state index is 0.587. The number of nitrogens with zero attached hydrogens (tertiary/aromatic N) is 4. The molecule has 132 valence electrons. The molecule has 0 aliphatic rings. The standard InChI is InChI=1S/C17H22N6OS/c1-5-24-9-8-20-17-21-10(2)13(15(18-4)23-17)16-22-14-11(3)19-7-6-12(14)25-16/h6-7H,5,8-9H2,1-4H3,(H2,18,20,21,23). The number of fused-ring (bicyclic) bond motifs is 1. The third-order valence-corrected chi connectivity index (χ3v) is 4.80. The molecule has 3 heterocycles. The minimum Gasteiger partial charge on any atom is -0.380 e. The number of nitrogens with one attached hydrogen (secondary N) is 2. The van der Waals surface area contributed by atoms with Gasteiger partial charge in [0.2, 0.25) is 5.95 Å².